The second-order valence-electron chi connectivity index (χ2n) is 11.4. The first kappa shape index (κ1) is 28.8. The van der Waals surface area contributed by atoms with Gasteiger partial charge in [0.2, 0.25) is 0 Å². The Morgan fingerprint density at radius 3 is 2.30 bits per heavy atom. The quantitative estimate of drug-likeness (QED) is 0.181. The van der Waals surface area contributed by atoms with Crippen molar-refractivity contribution in [3.63, 3.8) is 0 Å². The third-order valence-corrected chi connectivity index (χ3v) is 8.38. The molecule has 43 heavy (non-hydrogen) atoms. The lowest BCUT2D eigenvalue weighted by Crippen LogP contribution is -2.29. The highest BCUT2D eigenvalue weighted by Gasteiger charge is 2.19. The molecule has 6 heteroatoms. The summed E-state index contributed by atoms with van der Waals surface area (Å²) in [6.45, 7) is 6.89. The number of fused-ring (bicyclic) bond motifs is 1. The van der Waals surface area contributed by atoms with Crippen LogP contribution in [0.15, 0.2) is 91.0 Å². The average molecular weight is 579 g/mol. The maximum absolute atomic E-state index is 15.3. The molecule has 6 rings (SSSR count). The second kappa shape index (κ2) is 13.3. The van der Waals surface area contributed by atoms with Crippen LogP contribution in [0, 0.1) is 12.7 Å². The van der Waals surface area contributed by atoms with Crippen LogP contribution in [0.3, 0.4) is 0 Å². The summed E-state index contributed by atoms with van der Waals surface area (Å²) in [5, 5.41) is 11.2. The van der Waals surface area contributed by atoms with E-state index in [0.717, 1.165) is 51.1 Å². The van der Waals surface area contributed by atoms with Crippen LogP contribution in [-0.4, -0.2) is 40.8 Å². The number of aromatic nitrogens is 1. The maximum Gasteiger partial charge on any atom is 0.165 e. The Bertz CT molecular complexity index is 1660. The molecule has 222 valence electrons. The van der Waals surface area contributed by atoms with E-state index in [1.165, 1.54) is 38.8 Å². The van der Waals surface area contributed by atoms with Crippen LogP contribution in [0.1, 0.15) is 42.4 Å². The largest absolute Gasteiger partial charge is 0.508 e. The van der Waals surface area contributed by atoms with Crippen molar-refractivity contribution >= 4 is 10.9 Å². The van der Waals surface area contributed by atoms with Gasteiger partial charge < -0.3 is 19.1 Å². The minimum atomic E-state index is -0.408. The SMILES string of the molecule is Cc1c(-c2ccc(OCc3ccccc3)c(F)c2)n(Cc2ccc(OCCN3CCCCCC3)cc2)c2ccc(O)cc12. The van der Waals surface area contributed by atoms with E-state index in [2.05, 4.69) is 21.6 Å². The maximum atomic E-state index is 15.3. The minimum Gasteiger partial charge on any atom is -0.508 e. The molecule has 0 unspecified atom stereocenters. The van der Waals surface area contributed by atoms with Gasteiger partial charge in [-0.2, -0.15) is 0 Å². The van der Waals surface area contributed by atoms with Crippen molar-refractivity contribution in [2.24, 2.45) is 0 Å². The highest BCUT2D eigenvalue weighted by Crippen LogP contribution is 2.37. The minimum absolute atomic E-state index is 0.205. The molecule has 1 aromatic heterocycles. The van der Waals surface area contributed by atoms with Crippen molar-refractivity contribution in [3.8, 4) is 28.5 Å². The first-order valence-corrected chi connectivity index (χ1v) is 15.3. The van der Waals surface area contributed by atoms with Gasteiger partial charge in [-0.3, -0.25) is 4.90 Å². The monoisotopic (exact) mass is 578 g/mol. The van der Waals surface area contributed by atoms with Gasteiger partial charge >= 0.3 is 0 Å². The van der Waals surface area contributed by atoms with E-state index in [4.69, 9.17) is 9.47 Å². The molecule has 0 bridgehead atoms. The zero-order valence-electron chi connectivity index (χ0n) is 24.8. The van der Waals surface area contributed by atoms with Crippen LogP contribution in [-0.2, 0) is 13.2 Å². The molecule has 1 saturated heterocycles. The van der Waals surface area contributed by atoms with E-state index in [1.54, 1.807) is 24.3 Å². The molecular formula is C37H39FN2O3. The van der Waals surface area contributed by atoms with Gasteiger partial charge in [0.1, 0.15) is 24.7 Å². The topological polar surface area (TPSA) is 46.9 Å². The zero-order chi connectivity index (χ0) is 29.6. The van der Waals surface area contributed by atoms with Gasteiger partial charge in [-0.05, 0) is 98.1 Å². The van der Waals surface area contributed by atoms with Crippen LogP contribution in [0.25, 0.3) is 22.2 Å². The number of hydrogen-bond donors (Lipinski definition) is 1. The van der Waals surface area contributed by atoms with Crippen molar-refractivity contribution in [2.45, 2.75) is 45.8 Å². The molecule has 0 radical (unpaired) electrons. The Morgan fingerprint density at radius 2 is 1.56 bits per heavy atom. The number of benzene rings is 4. The van der Waals surface area contributed by atoms with Crippen molar-refractivity contribution in [3.05, 3.63) is 114 Å². The highest BCUT2D eigenvalue weighted by molar-refractivity contribution is 5.92. The van der Waals surface area contributed by atoms with Crippen molar-refractivity contribution in [2.75, 3.05) is 26.2 Å². The molecule has 4 aromatic carbocycles. The van der Waals surface area contributed by atoms with Crippen molar-refractivity contribution < 1.29 is 19.0 Å². The van der Waals surface area contributed by atoms with E-state index < -0.39 is 5.82 Å². The molecular weight excluding hydrogens is 539 g/mol. The summed E-state index contributed by atoms with van der Waals surface area (Å²) in [7, 11) is 0. The van der Waals surface area contributed by atoms with E-state index >= 15 is 4.39 Å². The molecule has 5 nitrogen and oxygen atoms in total. The van der Waals surface area contributed by atoms with Gasteiger partial charge in [0.25, 0.3) is 0 Å². The van der Waals surface area contributed by atoms with Crippen LogP contribution in [0.2, 0.25) is 0 Å². The summed E-state index contributed by atoms with van der Waals surface area (Å²) in [6.07, 6.45) is 5.23. The molecule has 1 aliphatic rings. The van der Waals surface area contributed by atoms with Crippen LogP contribution < -0.4 is 9.47 Å². The van der Waals surface area contributed by atoms with Gasteiger partial charge in [-0.15, -0.1) is 0 Å². The summed E-state index contributed by atoms with van der Waals surface area (Å²) < 4.78 is 29.4. The molecule has 0 amide bonds. The average Bonchev–Trinajstić information content (AvgIpc) is 3.16. The molecule has 0 aliphatic carbocycles. The number of aromatic hydroxyl groups is 1. The molecule has 0 saturated carbocycles. The van der Waals surface area contributed by atoms with E-state index in [-0.39, 0.29) is 11.5 Å². The standard InChI is InChI=1S/C37H39FN2O3/c1-27-33-24-31(41)14-17-35(33)40(25-28-11-15-32(16-12-28)42-22-21-39-19-7-2-3-8-20-39)37(27)30-13-18-36(34(38)23-30)43-26-29-9-5-4-6-10-29/h4-6,9-18,23-24,41H,2-3,7-8,19-22,25-26H2,1H3. The molecule has 2 heterocycles. The Hall–Kier alpha value is -4.29. The van der Waals surface area contributed by atoms with Crippen molar-refractivity contribution in [1.82, 2.24) is 9.47 Å². The summed E-state index contributed by atoms with van der Waals surface area (Å²) in [6, 6.07) is 28.5. The second-order valence-corrected chi connectivity index (χ2v) is 11.4. The van der Waals surface area contributed by atoms with Crippen molar-refractivity contribution in [1.29, 1.82) is 0 Å². The lowest BCUT2D eigenvalue weighted by atomic mass is 10.1. The highest BCUT2D eigenvalue weighted by atomic mass is 19.1. The third kappa shape index (κ3) is 6.86. The third-order valence-electron chi connectivity index (χ3n) is 8.38. The molecule has 1 N–H and O–H groups in total. The number of phenols is 1. The first-order chi connectivity index (χ1) is 21.0. The predicted octanol–water partition coefficient (Wildman–Crippen LogP) is 8.34. The molecule has 1 aliphatic heterocycles. The fourth-order valence-corrected chi connectivity index (χ4v) is 6.07. The number of halogens is 1. The fraction of sp³-hybridized carbons (Fsp3) is 0.297. The van der Waals surface area contributed by atoms with Crippen LogP contribution in [0.4, 0.5) is 4.39 Å². The number of phenolic OH excluding ortho intramolecular Hbond substituents is 1. The Morgan fingerprint density at radius 1 is 0.791 bits per heavy atom. The summed E-state index contributed by atoms with van der Waals surface area (Å²) in [5.41, 5.74) is 5.72. The van der Waals surface area contributed by atoms with Gasteiger partial charge in [0, 0.05) is 29.6 Å². The number of rotatable bonds is 10. The van der Waals surface area contributed by atoms with E-state index in [1.807, 2.05) is 61.5 Å². The lowest BCUT2D eigenvalue weighted by molar-refractivity contribution is 0.214. The smallest absolute Gasteiger partial charge is 0.165 e. The van der Waals surface area contributed by atoms with E-state index in [0.29, 0.717) is 19.8 Å². The number of aryl methyl sites for hydroxylation is 1. The summed E-state index contributed by atoms with van der Waals surface area (Å²) >= 11 is 0. The van der Waals surface area contributed by atoms with Crippen LogP contribution in [0.5, 0.6) is 17.2 Å². The van der Waals surface area contributed by atoms with Gasteiger partial charge in [0.15, 0.2) is 11.6 Å². The lowest BCUT2D eigenvalue weighted by Gasteiger charge is -2.19. The van der Waals surface area contributed by atoms with Gasteiger partial charge in [-0.1, -0.05) is 55.3 Å². The molecule has 5 aromatic rings. The van der Waals surface area contributed by atoms with Gasteiger partial charge in [0.05, 0.1) is 5.69 Å². The van der Waals surface area contributed by atoms with E-state index in [9.17, 15) is 5.11 Å². The Kier molecular flexibility index (Phi) is 8.94. The number of hydrogen-bond acceptors (Lipinski definition) is 4. The number of likely N-dealkylation sites (tertiary alicyclic amines) is 1. The first-order valence-electron chi connectivity index (χ1n) is 15.3. The Labute approximate surface area is 253 Å². The summed E-state index contributed by atoms with van der Waals surface area (Å²) in [4.78, 5) is 2.50. The molecule has 0 spiro atoms. The zero-order valence-corrected chi connectivity index (χ0v) is 24.8. The molecule has 0 atom stereocenters. The fourth-order valence-electron chi connectivity index (χ4n) is 6.07. The summed E-state index contributed by atoms with van der Waals surface area (Å²) in [5.74, 6) is 0.883. The predicted molar refractivity (Wildman–Crippen MR) is 170 cm³/mol. The van der Waals surface area contributed by atoms with Gasteiger partial charge in [-0.25, -0.2) is 4.39 Å². The number of ether oxygens (including phenoxy) is 2. The number of nitrogens with zero attached hydrogens (tertiary/aromatic N) is 2. The Balaban J connectivity index is 1.21. The molecule has 1 fully saturated rings. The van der Waals surface area contributed by atoms with Crippen LogP contribution >= 0.6 is 0 Å². The normalized spacial score (nSPS) is 14.1.